The molecule has 0 spiro atoms. The maximum atomic E-state index is 6.13. The van der Waals surface area contributed by atoms with Crippen LogP contribution in [0.15, 0.2) is 30.6 Å². The molecule has 112 valence electrons. The molecular formula is C14H14ClN7. The van der Waals surface area contributed by atoms with Crippen molar-refractivity contribution < 1.29 is 0 Å². The van der Waals surface area contributed by atoms with Crippen LogP contribution in [0.5, 0.6) is 0 Å². The number of anilines is 3. The van der Waals surface area contributed by atoms with Crippen LogP contribution in [0, 0.1) is 0 Å². The van der Waals surface area contributed by atoms with Gasteiger partial charge in [-0.15, -0.1) is 0 Å². The Kier molecular flexibility index (Phi) is 3.64. The van der Waals surface area contributed by atoms with E-state index >= 15 is 0 Å². The molecule has 2 heterocycles. The van der Waals surface area contributed by atoms with E-state index in [1.165, 1.54) is 6.33 Å². The number of hydrogen-bond donors (Lipinski definition) is 3. The second kappa shape index (κ2) is 5.61. The lowest BCUT2D eigenvalue weighted by molar-refractivity contribution is 0.855. The molecule has 0 amide bonds. The van der Waals surface area contributed by atoms with Crippen molar-refractivity contribution in [3.8, 4) is 0 Å². The molecule has 8 heteroatoms. The van der Waals surface area contributed by atoms with Gasteiger partial charge in [-0.3, -0.25) is 0 Å². The van der Waals surface area contributed by atoms with Crippen LogP contribution in [0.1, 0.15) is 18.5 Å². The summed E-state index contributed by atoms with van der Waals surface area (Å²) in [6, 6.07) is 7.39. The molecule has 0 aliphatic carbocycles. The third-order valence-corrected chi connectivity index (χ3v) is 3.56. The predicted octanol–water partition coefficient (Wildman–Crippen LogP) is 2.41. The minimum absolute atomic E-state index is 0.154. The van der Waals surface area contributed by atoms with E-state index in [2.05, 4.69) is 25.3 Å². The summed E-state index contributed by atoms with van der Waals surface area (Å²) in [7, 11) is 0. The Balaban J connectivity index is 1.97. The summed E-state index contributed by atoms with van der Waals surface area (Å²) in [5.41, 5.74) is 13.1. The molecule has 22 heavy (non-hydrogen) atoms. The Morgan fingerprint density at radius 3 is 2.77 bits per heavy atom. The summed E-state index contributed by atoms with van der Waals surface area (Å²) >= 11 is 6.13. The standard InChI is InChI=1S/C14H14ClN7/c1-7(20-14-19-6-18-13(17)22-14)9-5-8-3-2-4-10(15)11(8)21-12(9)16/h2-7H,1H3,(H2,16,21)(H3,17,18,19,20,22)/t7-/m0/s1. The number of nitrogens with zero attached hydrogens (tertiary/aromatic N) is 4. The summed E-state index contributed by atoms with van der Waals surface area (Å²) < 4.78 is 0. The molecule has 0 aliphatic heterocycles. The number of hydrogen-bond acceptors (Lipinski definition) is 7. The first kappa shape index (κ1) is 14.3. The fourth-order valence-electron chi connectivity index (χ4n) is 2.19. The molecule has 0 fully saturated rings. The average molecular weight is 316 g/mol. The first-order chi connectivity index (χ1) is 10.5. The molecule has 1 atom stereocenters. The number of halogens is 1. The number of para-hydroxylation sites is 1. The normalized spacial score (nSPS) is 12.3. The highest BCUT2D eigenvalue weighted by atomic mass is 35.5. The van der Waals surface area contributed by atoms with E-state index in [9.17, 15) is 0 Å². The number of nitrogens with one attached hydrogen (secondary N) is 1. The maximum absolute atomic E-state index is 6.13. The molecule has 1 aromatic carbocycles. The molecular weight excluding hydrogens is 302 g/mol. The van der Waals surface area contributed by atoms with Crippen molar-refractivity contribution in [3.05, 3.63) is 41.2 Å². The highest BCUT2D eigenvalue weighted by Crippen LogP contribution is 2.28. The second-order valence-corrected chi connectivity index (χ2v) is 5.21. The van der Waals surface area contributed by atoms with Crippen LogP contribution in [0.4, 0.5) is 17.7 Å². The quantitative estimate of drug-likeness (QED) is 0.679. The van der Waals surface area contributed by atoms with Gasteiger partial charge in [-0.1, -0.05) is 23.7 Å². The summed E-state index contributed by atoms with van der Waals surface area (Å²) in [6.45, 7) is 1.93. The summed E-state index contributed by atoms with van der Waals surface area (Å²) in [5.74, 6) is 0.939. The van der Waals surface area contributed by atoms with Crippen LogP contribution in [-0.4, -0.2) is 19.9 Å². The monoisotopic (exact) mass is 315 g/mol. The number of aromatic nitrogens is 4. The van der Waals surface area contributed by atoms with Gasteiger partial charge in [0.2, 0.25) is 11.9 Å². The van der Waals surface area contributed by atoms with E-state index in [1.54, 1.807) is 6.07 Å². The molecule has 0 unspecified atom stereocenters. The van der Waals surface area contributed by atoms with Crippen molar-refractivity contribution in [2.45, 2.75) is 13.0 Å². The molecule has 3 aromatic rings. The molecule has 7 nitrogen and oxygen atoms in total. The Bertz CT molecular complexity index is 837. The van der Waals surface area contributed by atoms with E-state index in [0.29, 0.717) is 22.3 Å². The lowest BCUT2D eigenvalue weighted by Crippen LogP contribution is -2.13. The van der Waals surface area contributed by atoms with Crippen LogP contribution in [0.3, 0.4) is 0 Å². The SMILES string of the molecule is C[C@H](Nc1ncnc(N)n1)c1cc2cccc(Cl)c2nc1N. The number of pyridine rings is 1. The number of rotatable bonds is 3. The highest BCUT2D eigenvalue weighted by molar-refractivity contribution is 6.35. The minimum atomic E-state index is -0.155. The second-order valence-electron chi connectivity index (χ2n) is 4.81. The van der Waals surface area contributed by atoms with Gasteiger partial charge in [0.25, 0.3) is 0 Å². The Hall–Kier alpha value is -2.67. The molecule has 5 N–H and O–H groups in total. The van der Waals surface area contributed by atoms with E-state index in [-0.39, 0.29) is 12.0 Å². The third kappa shape index (κ3) is 2.71. The molecule has 0 aliphatic rings. The fraction of sp³-hybridized carbons (Fsp3) is 0.143. The van der Waals surface area contributed by atoms with Crippen molar-refractivity contribution in [2.75, 3.05) is 16.8 Å². The first-order valence-corrected chi connectivity index (χ1v) is 6.98. The first-order valence-electron chi connectivity index (χ1n) is 6.60. The van der Waals surface area contributed by atoms with Crippen LogP contribution < -0.4 is 16.8 Å². The number of fused-ring (bicyclic) bond motifs is 1. The summed E-state index contributed by atoms with van der Waals surface area (Å²) in [5, 5.41) is 4.61. The predicted molar refractivity (Wildman–Crippen MR) is 87.4 cm³/mol. The molecule has 3 rings (SSSR count). The van der Waals surface area contributed by atoms with E-state index in [1.807, 2.05) is 25.1 Å². The van der Waals surface area contributed by atoms with Gasteiger partial charge in [0.05, 0.1) is 16.6 Å². The molecule has 0 saturated carbocycles. The maximum Gasteiger partial charge on any atom is 0.227 e. The van der Waals surface area contributed by atoms with Crippen LogP contribution >= 0.6 is 11.6 Å². The topological polar surface area (TPSA) is 116 Å². The van der Waals surface area contributed by atoms with Gasteiger partial charge in [0.1, 0.15) is 12.1 Å². The van der Waals surface area contributed by atoms with Crippen molar-refractivity contribution in [1.82, 2.24) is 19.9 Å². The van der Waals surface area contributed by atoms with Gasteiger partial charge in [0, 0.05) is 10.9 Å². The number of nitrogen functional groups attached to an aromatic ring is 2. The fourth-order valence-corrected chi connectivity index (χ4v) is 2.41. The van der Waals surface area contributed by atoms with Gasteiger partial charge in [-0.25, -0.2) is 15.0 Å². The summed E-state index contributed by atoms with van der Waals surface area (Å²) in [6.07, 6.45) is 1.35. The largest absolute Gasteiger partial charge is 0.383 e. The number of nitrogens with two attached hydrogens (primary N) is 2. The summed E-state index contributed by atoms with van der Waals surface area (Å²) in [4.78, 5) is 16.2. The molecule has 0 bridgehead atoms. The Morgan fingerprint density at radius 2 is 2.00 bits per heavy atom. The minimum Gasteiger partial charge on any atom is -0.383 e. The van der Waals surface area contributed by atoms with Crippen molar-refractivity contribution in [2.24, 2.45) is 0 Å². The number of benzene rings is 1. The Morgan fingerprint density at radius 1 is 1.18 bits per heavy atom. The van der Waals surface area contributed by atoms with Crippen LogP contribution in [0.2, 0.25) is 5.02 Å². The van der Waals surface area contributed by atoms with Gasteiger partial charge in [0.15, 0.2) is 0 Å². The smallest absolute Gasteiger partial charge is 0.227 e. The highest BCUT2D eigenvalue weighted by Gasteiger charge is 2.14. The van der Waals surface area contributed by atoms with Gasteiger partial charge in [-0.2, -0.15) is 4.98 Å². The molecule has 2 aromatic heterocycles. The van der Waals surface area contributed by atoms with E-state index < -0.39 is 0 Å². The van der Waals surface area contributed by atoms with E-state index in [4.69, 9.17) is 23.1 Å². The molecule has 0 radical (unpaired) electrons. The van der Waals surface area contributed by atoms with Crippen molar-refractivity contribution in [1.29, 1.82) is 0 Å². The van der Waals surface area contributed by atoms with Gasteiger partial charge < -0.3 is 16.8 Å². The zero-order chi connectivity index (χ0) is 15.7. The van der Waals surface area contributed by atoms with Crippen LogP contribution in [0.25, 0.3) is 10.9 Å². The van der Waals surface area contributed by atoms with E-state index in [0.717, 1.165) is 10.9 Å². The molecule has 0 saturated heterocycles. The van der Waals surface area contributed by atoms with Gasteiger partial charge in [-0.05, 0) is 19.1 Å². The zero-order valence-electron chi connectivity index (χ0n) is 11.8. The van der Waals surface area contributed by atoms with Crippen LogP contribution in [-0.2, 0) is 0 Å². The lowest BCUT2D eigenvalue weighted by Gasteiger charge is -2.16. The third-order valence-electron chi connectivity index (χ3n) is 3.26. The zero-order valence-corrected chi connectivity index (χ0v) is 12.5. The average Bonchev–Trinajstić information content (AvgIpc) is 2.47. The van der Waals surface area contributed by atoms with Crippen molar-refractivity contribution in [3.63, 3.8) is 0 Å². The van der Waals surface area contributed by atoms with Gasteiger partial charge >= 0.3 is 0 Å². The Labute approximate surface area is 131 Å². The van der Waals surface area contributed by atoms with Crippen molar-refractivity contribution >= 4 is 40.2 Å². The lowest BCUT2D eigenvalue weighted by atomic mass is 10.1.